The van der Waals surface area contributed by atoms with E-state index in [1.807, 2.05) is 0 Å². The van der Waals surface area contributed by atoms with Crippen molar-refractivity contribution in [3.8, 4) is 0 Å². The minimum atomic E-state index is -5.91. The van der Waals surface area contributed by atoms with Crippen molar-refractivity contribution < 1.29 is 132 Å². The van der Waals surface area contributed by atoms with Crippen LogP contribution in [0.2, 0.25) is 0 Å². The van der Waals surface area contributed by atoms with Crippen LogP contribution in [-0.2, 0) is 32.0 Å². The van der Waals surface area contributed by atoms with Gasteiger partial charge in [0.05, 0.1) is 19.5 Å². The van der Waals surface area contributed by atoms with Gasteiger partial charge in [-0.2, -0.15) is 4.98 Å². The van der Waals surface area contributed by atoms with Crippen LogP contribution >= 0.6 is 15.6 Å². The number of aliphatic hydroxyl groups excluding tert-OH is 6. The van der Waals surface area contributed by atoms with E-state index in [0.29, 0.717) is 0 Å². The summed E-state index contributed by atoms with van der Waals surface area (Å²) in [5, 5.41) is 59.1. The van der Waals surface area contributed by atoms with Crippen LogP contribution in [0.5, 0.6) is 0 Å². The number of aromatic amines is 1. The van der Waals surface area contributed by atoms with Crippen molar-refractivity contribution in [1.29, 1.82) is 0 Å². The number of phosphoric ester groups is 2. The van der Waals surface area contributed by atoms with Gasteiger partial charge in [-0.15, -0.1) is 0 Å². The van der Waals surface area contributed by atoms with Gasteiger partial charge in [0.1, 0.15) is 42.7 Å². The number of hydrogen-bond acceptors (Lipinski definition) is 19. The maximum absolute atomic E-state index is 12.1. The van der Waals surface area contributed by atoms with Crippen molar-refractivity contribution in [1.82, 2.24) is 19.5 Å². The van der Waals surface area contributed by atoms with Gasteiger partial charge in [-0.05, 0) is 0 Å². The molecule has 0 spiro atoms. The predicted octanol–water partition coefficient (Wildman–Crippen LogP) is -11.9. The number of nitrogens with two attached hydrogens (primary N) is 1. The van der Waals surface area contributed by atoms with Crippen molar-refractivity contribution in [2.24, 2.45) is 0 Å². The van der Waals surface area contributed by atoms with Crippen molar-refractivity contribution in [2.75, 3.05) is 18.9 Å². The van der Waals surface area contributed by atoms with Gasteiger partial charge in [-0.1, -0.05) is 0 Å². The number of anilines is 1. The van der Waals surface area contributed by atoms with Crippen molar-refractivity contribution in [3.63, 3.8) is 0 Å². The summed E-state index contributed by atoms with van der Waals surface area (Å²) < 4.78 is 48.1. The number of nitrogens with zero attached hydrogens (tertiary/aromatic N) is 3. The summed E-state index contributed by atoms with van der Waals surface area (Å²) in [7, 11) is -11.7. The third kappa shape index (κ3) is 8.23. The zero-order valence-electron chi connectivity index (χ0n) is 21.3. The zero-order valence-corrected chi connectivity index (χ0v) is 27.1. The fourth-order valence-electron chi connectivity index (χ4n) is 3.84. The Morgan fingerprint density at radius 2 is 1.63 bits per heavy atom. The topological polar surface area (TPSA) is 337 Å². The van der Waals surface area contributed by atoms with E-state index in [4.69, 9.17) is 20.3 Å². The molecule has 25 heteroatoms. The molecule has 220 valence electrons. The first-order valence-corrected chi connectivity index (χ1v) is 13.8. The number of aromatic nitrogens is 4. The summed E-state index contributed by atoms with van der Waals surface area (Å²) in [6.45, 7) is -2.01. The summed E-state index contributed by atoms with van der Waals surface area (Å²) in [4.78, 5) is 46.1. The average Bonchev–Trinajstić information content (AvgIpc) is 3.38. The molecule has 2 aliphatic heterocycles. The van der Waals surface area contributed by atoms with E-state index in [0.717, 1.165) is 10.9 Å². The molecule has 2 aliphatic rings. The van der Waals surface area contributed by atoms with Gasteiger partial charge in [0, 0.05) is 0 Å². The number of imidazole rings is 1. The van der Waals surface area contributed by atoms with Crippen LogP contribution in [0.15, 0.2) is 11.1 Å². The van der Waals surface area contributed by atoms with Crippen LogP contribution in [0.4, 0.5) is 5.95 Å². The molecule has 9 N–H and O–H groups in total. The molecule has 2 unspecified atom stereocenters. The minimum Gasteiger partial charge on any atom is -0.756 e. The number of ether oxygens (including phenoxy) is 2. The molecule has 0 radical (unpaired) electrons. The van der Waals surface area contributed by atoms with Crippen LogP contribution in [0.1, 0.15) is 6.23 Å². The summed E-state index contributed by atoms with van der Waals surface area (Å²) in [6, 6.07) is 0. The Hall–Kier alpha value is 0.0900. The van der Waals surface area contributed by atoms with E-state index in [1.54, 1.807) is 0 Å². The van der Waals surface area contributed by atoms with Crippen LogP contribution in [-0.4, -0.2) is 112 Å². The summed E-state index contributed by atoms with van der Waals surface area (Å²) in [6.07, 6.45) is -15.5. The Bertz CT molecular complexity index is 1350. The fraction of sp³-hybridized carbons (Fsp3) is 0.688. The first kappa shape index (κ1) is 37.3. The standard InChI is InChI=1S/C16H25N5O16P2.2Na/c17-16-19-12-6(13(28)20-16)18-3-21(12)14-10(26)8(24)5(34-14)2-33-38(29,30)37-39(31,32)36-15-11(27)9(25)7(23)4(1-22)35-15;;/h3-5,7-11,14-15,22-27H,1-2H2,(H,29,30)(H,31,32)(H3,17,19,20,28);;/q;2*+1/p-2/t4-,5-,7-,8-,9+,10-,11-,14-,15+;;/m1../s1. The second-order valence-electron chi connectivity index (χ2n) is 8.40. The third-order valence-corrected chi connectivity index (χ3v) is 8.27. The van der Waals surface area contributed by atoms with Crippen LogP contribution < -0.4 is 80.2 Å². The van der Waals surface area contributed by atoms with E-state index in [-0.39, 0.29) is 76.2 Å². The quantitative estimate of drug-likeness (QED) is 0.0923. The molecule has 2 saturated heterocycles. The van der Waals surface area contributed by atoms with E-state index < -0.39 is 89.7 Å². The molecule has 0 saturated carbocycles. The summed E-state index contributed by atoms with van der Waals surface area (Å²) in [5.74, 6) is -0.292. The monoisotopic (exact) mass is 649 g/mol. The fourth-order valence-corrected chi connectivity index (χ4v) is 5.92. The number of aliphatic hydroxyl groups is 6. The normalized spacial score (nSPS) is 34.8. The number of H-pyrrole nitrogens is 1. The van der Waals surface area contributed by atoms with Gasteiger partial charge in [0.25, 0.3) is 21.2 Å². The van der Waals surface area contributed by atoms with Gasteiger partial charge in [0.2, 0.25) is 5.95 Å². The Labute approximate surface area is 273 Å². The van der Waals surface area contributed by atoms with E-state index in [2.05, 4.69) is 28.3 Å². The van der Waals surface area contributed by atoms with Gasteiger partial charge in [-0.25, -0.2) is 9.29 Å². The van der Waals surface area contributed by atoms with Crippen molar-refractivity contribution in [3.05, 3.63) is 16.7 Å². The number of phosphoric acid groups is 2. The molecule has 0 bridgehead atoms. The molecule has 2 aromatic rings. The van der Waals surface area contributed by atoms with Crippen LogP contribution in [0, 0.1) is 0 Å². The van der Waals surface area contributed by atoms with Crippen LogP contribution in [0.25, 0.3) is 11.2 Å². The van der Waals surface area contributed by atoms with Gasteiger partial charge >= 0.3 is 59.1 Å². The molecule has 11 atom stereocenters. The Morgan fingerprint density at radius 3 is 2.27 bits per heavy atom. The number of rotatable bonds is 9. The van der Waals surface area contributed by atoms with Crippen molar-refractivity contribution in [2.45, 2.75) is 55.2 Å². The summed E-state index contributed by atoms with van der Waals surface area (Å²) >= 11 is 0. The molecule has 4 heterocycles. The zero-order chi connectivity index (χ0) is 28.9. The molecule has 0 aromatic carbocycles. The predicted molar refractivity (Wildman–Crippen MR) is 116 cm³/mol. The number of fused-ring (bicyclic) bond motifs is 1. The van der Waals surface area contributed by atoms with E-state index in [1.165, 1.54) is 0 Å². The second kappa shape index (κ2) is 14.5. The maximum Gasteiger partial charge on any atom is 1.00 e. The molecule has 0 amide bonds. The molecular weight excluding hydrogens is 626 g/mol. The third-order valence-electron chi connectivity index (χ3n) is 5.74. The maximum atomic E-state index is 12.1. The Morgan fingerprint density at radius 1 is 1.00 bits per heavy atom. The van der Waals surface area contributed by atoms with Crippen molar-refractivity contribution >= 4 is 32.8 Å². The van der Waals surface area contributed by atoms with Gasteiger partial charge < -0.3 is 60.2 Å². The molecule has 21 nitrogen and oxygen atoms in total. The largest absolute Gasteiger partial charge is 1.00 e. The van der Waals surface area contributed by atoms with Crippen LogP contribution in [0.3, 0.4) is 0 Å². The van der Waals surface area contributed by atoms with Gasteiger partial charge in [0.15, 0.2) is 23.7 Å². The first-order valence-electron chi connectivity index (χ1n) is 10.8. The van der Waals surface area contributed by atoms with Gasteiger partial charge in [-0.3, -0.25) is 28.0 Å². The Balaban J connectivity index is 0.00000294. The molecule has 0 aliphatic carbocycles. The molecule has 2 fully saturated rings. The molecular formula is C16H23N5Na2O16P2. The number of hydrogen-bond donors (Lipinski definition) is 8. The number of nitrogen functional groups attached to an aromatic ring is 1. The summed E-state index contributed by atoms with van der Waals surface area (Å²) in [5.41, 5.74) is 4.48. The average molecular weight is 649 g/mol. The van der Waals surface area contributed by atoms with E-state index in [9.17, 15) is 49.2 Å². The molecule has 4 rings (SSSR count). The smallest absolute Gasteiger partial charge is 0.756 e. The molecule has 2 aromatic heterocycles. The second-order valence-corrected chi connectivity index (χ2v) is 11.3. The number of nitrogens with one attached hydrogen (secondary N) is 1. The SMILES string of the molecule is Nc1nc2c(ncn2[C@@H]2O[C@H](COP(=O)([O-])OP(=O)([O-])O[C@@H]3O[C@H](CO)[C@@H](O)[C@H](O)[C@H]3O)[C@@H](O)[C@H]2O)c(=O)[nH]1.[Na+].[Na+]. The minimum absolute atomic E-state index is 0. The first-order chi connectivity index (χ1) is 18.1. The molecule has 41 heavy (non-hydrogen) atoms. The Kier molecular flexibility index (Phi) is 13.1. The van der Waals surface area contributed by atoms with E-state index >= 15 is 0 Å².